The number of nitriles is 1. The molecule has 8 nitrogen and oxygen atoms in total. The number of carbonyl (C=O) groups is 2. The van der Waals surface area contributed by atoms with Crippen LogP contribution in [0.1, 0.15) is 22.1 Å². The lowest BCUT2D eigenvalue weighted by Gasteiger charge is -3.10. The maximum absolute atomic E-state index is 13.8. The average molecular weight is 465 g/mol. The van der Waals surface area contributed by atoms with E-state index in [0.717, 1.165) is 0 Å². The smallest absolute Gasteiger partial charge is 0.315 e. The first-order chi connectivity index (χ1) is 15.8. The minimum Gasteiger partial charge on any atom is -0.365 e. The van der Waals surface area contributed by atoms with Gasteiger partial charge in [0.15, 0.2) is 0 Å². The fraction of sp³-hybridized carbons (Fsp3) is 0.478. The number of nitrogens with zero attached hydrogens (tertiary/aromatic N) is 4. The Balaban J connectivity index is 1.32. The third-order valence-electron chi connectivity index (χ3n) is 10.2. The highest BCUT2D eigenvalue weighted by Gasteiger charge is 3.11. The summed E-state index contributed by atoms with van der Waals surface area (Å²) in [4.78, 5) is 27.0. The Kier molecular flexibility index (Phi) is 2.79. The van der Waals surface area contributed by atoms with Crippen LogP contribution in [-0.2, 0) is 6.54 Å². The van der Waals surface area contributed by atoms with Crippen LogP contribution in [0, 0.1) is 63.5 Å². The summed E-state index contributed by atoms with van der Waals surface area (Å²) in [6, 6.07) is 5.84. The maximum Gasteiger partial charge on any atom is 0.315 e. The molecule has 33 heavy (non-hydrogen) atoms. The van der Waals surface area contributed by atoms with Crippen LogP contribution in [0.25, 0.3) is 11.3 Å². The fourth-order valence-electron chi connectivity index (χ4n) is 9.62. The largest absolute Gasteiger partial charge is 0.365 e. The molecule has 1 unspecified atom stereocenters. The Bertz CT molecular complexity index is 1360. The minimum atomic E-state index is -0.659. The van der Waals surface area contributed by atoms with E-state index < -0.39 is 23.8 Å². The van der Waals surface area contributed by atoms with Crippen molar-refractivity contribution in [3.63, 3.8) is 0 Å². The quantitative estimate of drug-likeness (QED) is 0.720. The molecule has 0 bridgehead atoms. The first-order valence-electron chi connectivity index (χ1n) is 11.1. The molecule has 1 atom stereocenters. The molecule has 0 saturated heterocycles. The summed E-state index contributed by atoms with van der Waals surface area (Å²) in [5, 5.41) is 14.4. The van der Waals surface area contributed by atoms with Crippen molar-refractivity contribution >= 4 is 23.5 Å². The minimum absolute atomic E-state index is 0.0766. The van der Waals surface area contributed by atoms with Crippen LogP contribution in [0.2, 0.25) is 5.02 Å². The third-order valence-corrected chi connectivity index (χ3v) is 10.5. The van der Waals surface area contributed by atoms with Gasteiger partial charge in [-0.05, 0) is 53.7 Å². The zero-order valence-corrected chi connectivity index (χ0v) is 18.0. The Morgan fingerprint density at radius 3 is 2.36 bits per heavy atom. The number of primary amides is 2. The predicted octanol–water partition coefficient (Wildman–Crippen LogP) is 2.14. The van der Waals surface area contributed by atoms with Gasteiger partial charge in [-0.15, -0.1) is 0 Å². The summed E-state index contributed by atoms with van der Waals surface area (Å²) in [7, 11) is 0. The predicted molar refractivity (Wildman–Crippen MR) is 112 cm³/mol. The molecular weight excluding hydrogens is 447 g/mol. The van der Waals surface area contributed by atoms with E-state index in [2.05, 4.69) is 11.2 Å². The molecule has 10 heteroatoms. The van der Waals surface area contributed by atoms with Crippen molar-refractivity contribution in [2.24, 2.45) is 57.8 Å². The lowest BCUT2D eigenvalue weighted by atomic mass is 8.92. The lowest BCUT2D eigenvalue weighted by Crippen LogP contribution is -3.10. The molecule has 1 aromatic heterocycles. The van der Waals surface area contributed by atoms with Crippen molar-refractivity contribution in [3.8, 4) is 17.3 Å². The molecule has 6 saturated carbocycles. The van der Waals surface area contributed by atoms with E-state index in [1.807, 2.05) is 0 Å². The summed E-state index contributed by atoms with van der Waals surface area (Å²) in [6.07, 6.45) is 0. The first-order valence-corrected chi connectivity index (χ1v) is 11.5. The van der Waals surface area contributed by atoms with Crippen LogP contribution < -0.4 is 11.5 Å². The number of nitrogens with two attached hydrogens (primary N) is 2. The molecule has 0 spiro atoms. The molecule has 2 aromatic rings. The van der Waals surface area contributed by atoms with Crippen molar-refractivity contribution in [2.75, 3.05) is 6.54 Å². The molecule has 4 N–H and O–H groups in total. The van der Waals surface area contributed by atoms with Gasteiger partial charge in [-0.3, -0.25) is 9.48 Å². The summed E-state index contributed by atoms with van der Waals surface area (Å²) in [6.45, 7) is 0.756. The fourth-order valence-corrected chi connectivity index (χ4v) is 9.80. The molecule has 7 aliphatic rings. The van der Waals surface area contributed by atoms with Crippen LogP contribution in [0.15, 0.2) is 18.2 Å². The van der Waals surface area contributed by atoms with Crippen LogP contribution in [-0.4, -0.2) is 33.2 Å². The second kappa shape index (κ2) is 5.02. The summed E-state index contributed by atoms with van der Waals surface area (Å²) in [5.74, 6) is 1.14. The number of halogens is 2. The number of amides is 3. The maximum atomic E-state index is 13.8. The highest BCUT2D eigenvalue weighted by atomic mass is 35.5. The van der Waals surface area contributed by atoms with Gasteiger partial charge in [0.25, 0.3) is 5.91 Å². The Hall–Kier alpha value is -3.12. The average Bonchev–Trinajstić information content (AvgIpc) is 3.20. The number of hydrogen-bond donors (Lipinski definition) is 2. The number of carbonyl (C=O) groups excluding carboxylic acids is 2. The van der Waals surface area contributed by atoms with E-state index in [9.17, 15) is 19.2 Å². The summed E-state index contributed by atoms with van der Waals surface area (Å²) in [5.41, 5.74) is 13.1. The van der Waals surface area contributed by atoms with Crippen molar-refractivity contribution in [2.45, 2.75) is 12.6 Å². The first kappa shape index (κ1) is 18.3. The number of fused-ring (bicyclic) bond motifs is 1. The van der Waals surface area contributed by atoms with Crippen molar-refractivity contribution < 1.29 is 14.0 Å². The van der Waals surface area contributed by atoms with Crippen LogP contribution in [0.3, 0.4) is 0 Å². The van der Waals surface area contributed by atoms with Crippen LogP contribution in [0.5, 0.6) is 0 Å². The molecule has 6 fully saturated rings. The molecule has 6 aliphatic carbocycles. The Morgan fingerprint density at radius 2 is 1.82 bits per heavy atom. The number of aromatic nitrogens is 2. The SMILES string of the molecule is N#CC12C3C4C1C1C2C3C41C1c2c(C(N)=O)c(-c3ccc(F)c(Cl)c3)nn2CCN1C(N)=O. The second-order valence-corrected chi connectivity index (χ2v) is 10.9. The summed E-state index contributed by atoms with van der Waals surface area (Å²) < 4.78 is 15.5. The van der Waals surface area contributed by atoms with Gasteiger partial charge >= 0.3 is 6.03 Å². The van der Waals surface area contributed by atoms with Gasteiger partial charge in [0.2, 0.25) is 0 Å². The zero-order valence-electron chi connectivity index (χ0n) is 17.2. The molecular formula is C23H18ClFN6O2. The van der Waals surface area contributed by atoms with E-state index in [1.165, 1.54) is 18.2 Å². The molecule has 9 rings (SSSR count). The molecule has 0 radical (unpaired) electrons. The molecule has 1 aromatic carbocycles. The number of hydrogen-bond acceptors (Lipinski definition) is 4. The normalized spacial score (nSPS) is 43.5. The standard InChI is InChI=1S/C23H18ClFN6O2/c24-8-5-7(1-2-9(8)25)17-10(20(27)32)18-19(30(21(28)33)3-4-31(18)29-17)23-14-11-15(23)13-16(23)12(14)22(11,13)6-26/h1-2,5,11-16,19H,3-4H2,(H2,27,32)(H2,28,33). The van der Waals surface area contributed by atoms with Gasteiger partial charge in [-0.2, -0.15) is 10.4 Å². The van der Waals surface area contributed by atoms with Crippen LogP contribution in [0.4, 0.5) is 9.18 Å². The molecule has 3 amide bonds. The molecule has 166 valence electrons. The Labute approximate surface area is 192 Å². The number of urea groups is 1. The lowest BCUT2D eigenvalue weighted by molar-refractivity contribution is -0.650. The monoisotopic (exact) mass is 464 g/mol. The molecule has 2 heterocycles. The van der Waals surface area contributed by atoms with E-state index in [-0.39, 0.29) is 21.4 Å². The highest BCUT2D eigenvalue weighted by Crippen LogP contribution is 3.11. The van der Waals surface area contributed by atoms with Crippen LogP contribution >= 0.6 is 11.6 Å². The third kappa shape index (κ3) is 1.45. The van der Waals surface area contributed by atoms with Gasteiger partial charge in [-0.25, -0.2) is 9.18 Å². The number of rotatable bonds is 3. The van der Waals surface area contributed by atoms with E-state index in [0.29, 0.717) is 65.5 Å². The summed E-state index contributed by atoms with van der Waals surface area (Å²) >= 11 is 6.00. The zero-order chi connectivity index (χ0) is 22.8. The topological polar surface area (TPSA) is 131 Å². The highest BCUT2D eigenvalue weighted by molar-refractivity contribution is 6.31. The van der Waals surface area contributed by atoms with Crippen molar-refractivity contribution in [1.29, 1.82) is 5.26 Å². The van der Waals surface area contributed by atoms with Gasteiger partial charge < -0.3 is 16.4 Å². The van der Waals surface area contributed by atoms with E-state index in [1.54, 1.807) is 9.58 Å². The Morgan fingerprint density at radius 1 is 1.15 bits per heavy atom. The van der Waals surface area contributed by atoms with Gasteiger partial charge in [0.1, 0.15) is 11.5 Å². The van der Waals surface area contributed by atoms with Crippen molar-refractivity contribution in [1.82, 2.24) is 14.7 Å². The van der Waals surface area contributed by atoms with Gasteiger partial charge in [-0.1, -0.05) is 11.6 Å². The van der Waals surface area contributed by atoms with E-state index >= 15 is 0 Å². The van der Waals surface area contributed by atoms with Crippen molar-refractivity contribution in [3.05, 3.63) is 40.3 Å². The second-order valence-electron chi connectivity index (χ2n) is 10.5. The number of benzene rings is 1. The van der Waals surface area contributed by atoms with Gasteiger partial charge in [0.05, 0.1) is 40.4 Å². The molecule has 1 aliphatic heterocycles. The van der Waals surface area contributed by atoms with E-state index in [4.69, 9.17) is 23.1 Å². The van der Waals surface area contributed by atoms with Gasteiger partial charge in [0, 0.05) is 17.5 Å².